The van der Waals surface area contributed by atoms with E-state index in [1.54, 1.807) is 0 Å². The summed E-state index contributed by atoms with van der Waals surface area (Å²) in [4.78, 5) is 56.1. The van der Waals surface area contributed by atoms with Gasteiger partial charge >= 0.3 is 23.9 Å². The summed E-state index contributed by atoms with van der Waals surface area (Å²) in [6.07, 6.45) is 83.6. The van der Waals surface area contributed by atoms with Crippen molar-refractivity contribution in [3.8, 4) is 0 Å². The van der Waals surface area contributed by atoms with Crippen LogP contribution in [0, 0.1) is 0 Å². The van der Waals surface area contributed by atoms with Crippen molar-refractivity contribution < 1.29 is 38.1 Å². The minimum atomic E-state index is -0.164. The van der Waals surface area contributed by atoms with E-state index in [-0.39, 0.29) is 50.3 Å². The molecule has 10 heteroatoms. The van der Waals surface area contributed by atoms with Crippen LogP contribution in [-0.4, -0.2) is 99.4 Å². The van der Waals surface area contributed by atoms with Crippen LogP contribution in [-0.2, 0) is 38.1 Å². The third-order valence-electron chi connectivity index (χ3n) is 18.0. The number of hydrogen-bond donors (Lipinski definition) is 0. The van der Waals surface area contributed by atoms with Gasteiger partial charge in [-0.25, -0.2) is 0 Å². The Morgan fingerprint density at radius 2 is 0.359 bits per heavy atom. The van der Waals surface area contributed by atoms with Crippen LogP contribution in [0.5, 0.6) is 0 Å². The van der Waals surface area contributed by atoms with Crippen LogP contribution in [0.1, 0.15) is 387 Å². The molecule has 0 fully saturated rings. The second kappa shape index (κ2) is 76.8. The van der Waals surface area contributed by atoms with Crippen molar-refractivity contribution in [2.24, 2.45) is 0 Å². The van der Waals surface area contributed by atoms with E-state index in [2.05, 4.69) is 86.1 Å². The summed E-state index contributed by atoms with van der Waals surface area (Å²) in [6, 6.07) is 0. The molecule has 0 saturated carbocycles. The summed E-state index contributed by atoms with van der Waals surface area (Å²) in [7, 11) is 0. The lowest BCUT2D eigenvalue weighted by atomic mass is 10.1. The van der Waals surface area contributed by atoms with E-state index in [9.17, 15) is 19.2 Å². The average molecular weight is 1290 g/mol. The van der Waals surface area contributed by atoms with Crippen LogP contribution < -0.4 is 0 Å². The molecule has 0 aromatic carbocycles. The largest absolute Gasteiger partial charge is 0.464 e. The SMILES string of the molecule is CCCCCCCC/C=C\CCCCCCCC(=O)OCCN(CCOC(=O)CCCCCCC/C=C\CCCCCCCC)CCN(CCOC(=O)CCCCCCC/C=C\CCCCCCCC)CCOC(=O)CCCCCCC/C=C\CCCCCCCC. The molecule has 538 valence electrons. The second-order valence-electron chi connectivity index (χ2n) is 26.9. The number of rotatable bonds is 75. The van der Waals surface area contributed by atoms with Gasteiger partial charge in [0.2, 0.25) is 0 Å². The first-order valence-electron chi connectivity index (χ1n) is 40.0. The molecular weight excluding hydrogens is 1140 g/mol. The van der Waals surface area contributed by atoms with Crippen LogP contribution >= 0.6 is 0 Å². The van der Waals surface area contributed by atoms with Gasteiger partial charge in [0.15, 0.2) is 0 Å². The lowest BCUT2D eigenvalue weighted by Gasteiger charge is -2.27. The summed E-state index contributed by atoms with van der Waals surface area (Å²) < 4.78 is 23.2. The van der Waals surface area contributed by atoms with Crippen LogP contribution in [0.2, 0.25) is 0 Å². The fourth-order valence-corrected chi connectivity index (χ4v) is 11.8. The Morgan fingerprint density at radius 3 is 0.533 bits per heavy atom. The number of carbonyl (C=O) groups excluding carboxylic acids is 4. The zero-order valence-corrected chi connectivity index (χ0v) is 61.4. The highest BCUT2D eigenvalue weighted by atomic mass is 16.5. The maximum Gasteiger partial charge on any atom is 0.305 e. The number of allylic oxidation sites excluding steroid dienone is 8. The van der Waals surface area contributed by atoms with Crippen molar-refractivity contribution in [1.82, 2.24) is 9.80 Å². The Labute approximate surface area is 570 Å². The monoisotopic (exact) mass is 1290 g/mol. The van der Waals surface area contributed by atoms with Gasteiger partial charge in [0.1, 0.15) is 26.4 Å². The van der Waals surface area contributed by atoms with E-state index in [1.165, 1.54) is 231 Å². The van der Waals surface area contributed by atoms with Gasteiger partial charge in [-0.3, -0.25) is 29.0 Å². The van der Waals surface area contributed by atoms with E-state index in [1.807, 2.05) is 0 Å². The first-order chi connectivity index (χ1) is 45.4. The Kier molecular flexibility index (Phi) is 74.1. The molecule has 0 aromatic heterocycles. The molecule has 0 N–H and O–H groups in total. The topological polar surface area (TPSA) is 112 Å². The number of ether oxygens (including phenoxy) is 4. The van der Waals surface area contributed by atoms with Gasteiger partial charge in [-0.1, -0.05) is 282 Å². The second-order valence-corrected chi connectivity index (χ2v) is 26.9. The van der Waals surface area contributed by atoms with Crippen LogP contribution in [0.15, 0.2) is 48.6 Å². The van der Waals surface area contributed by atoms with Gasteiger partial charge in [0.05, 0.1) is 0 Å². The fourth-order valence-electron chi connectivity index (χ4n) is 11.8. The van der Waals surface area contributed by atoms with Crippen molar-refractivity contribution in [2.75, 3.05) is 65.7 Å². The van der Waals surface area contributed by atoms with Crippen molar-refractivity contribution in [3.05, 3.63) is 48.6 Å². The Bertz CT molecular complexity index is 1440. The number of carbonyl (C=O) groups is 4. The standard InChI is InChI=1S/C82H152N2O8/c1-5-9-13-17-21-25-29-33-37-41-45-49-53-57-61-65-79(85)89-75-71-83(72-76-90-80(86)66-62-58-54-50-46-42-38-34-30-26-22-18-14-10-6-2)69-70-84(73-77-91-81(87)67-63-59-55-51-47-43-39-35-31-27-23-19-15-11-7-3)74-78-92-82(88)68-64-60-56-52-48-44-40-36-32-28-24-20-16-12-8-4/h33-40H,5-32,41-78H2,1-4H3/b37-33-,38-34-,39-35-,40-36-. The minimum Gasteiger partial charge on any atom is -0.464 e. The zero-order chi connectivity index (χ0) is 66.6. The lowest BCUT2D eigenvalue weighted by molar-refractivity contribution is -0.146. The van der Waals surface area contributed by atoms with E-state index in [0.29, 0.717) is 65.0 Å². The van der Waals surface area contributed by atoms with Crippen molar-refractivity contribution in [3.63, 3.8) is 0 Å². The highest BCUT2D eigenvalue weighted by Crippen LogP contribution is 2.16. The Morgan fingerprint density at radius 1 is 0.207 bits per heavy atom. The normalized spacial score (nSPS) is 11.9. The molecule has 0 aliphatic carbocycles. The molecule has 0 heterocycles. The van der Waals surface area contributed by atoms with E-state index >= 15 is 0 Å². The first kappa shape index (κ1) is 88.8. The Balaban J connectivity index is 5.31. The van der Waals surface area contributed by atoms with Gasteiger partial charge in [-0.15, -0.1) is 0 Å². The summed E-state index contributed by atoms with van der Waals surface area (Å²) in [5, 5.41) is 0. The van der Waals surface area contributed by atoms with Crippen LogP contribution in [0.4, 0.5) is 0 Å². The number of nitrogens with zero attached hydrogens (tertiary/aromatic N) is 2. The van der Waals surface area contributed by atoms with E-state index in [4.69, 9.17) is 18.9 Å². The third-order valence-corrected chi connectivity index (χ3v) is 18.0. The van der Waals surface area contributed by atoms with Crippen LogP contribution in [0.25, 0.3) is 0 Å². The number of unbranched alkanes of at least 4 members (excludes halogenated alkanes) is 44. The lowest BCUT2D eigenvalue weighted by Crippen LogP contribution is -2.41. The molecule has 0 atom stereocenters. The van der Waals surface area contributed by atoms with E-state index < -0.39 is 0 Å². The molecule has 0 spiro atoms. The summed E-state index contributed by atoms with van der Waals surface area (Å²) >= 11 is 0. The quantitative estimate of drug-likeness (QED) is 0.0253. The van der Waals surface area contributed by atoms with Crippen molar-refractivity contribution in [2.45, 2.75) is 387 Å². The highest BCUT2D eigenvalue weighted by Gasteiger charge is 2.15. The predicted molar refractivity (Wildman–Crippen MR) is 395 cm³/mol. The molecular formula is C82H152N2O8. The zero-order valence-electron chi connectivity index (χ0n) is 61.4. The molecule has 0 saturated heterocycles. The molecule has 92 heavy (non-hydrogen) atoms. The molecule has 0 aliphatic heterocycles. The van der Waals surface area contributed by atoms with Gasteiger partial charge in [-0.2, -0.15) is 0 Å². The smallest absolute Gasteiger partial charge is 0.305 e. The number of esters is 4. The van der Waals surface area contributed by atoms with E-state index in [0.717, 1.165) is 103 Å². The molecule has 0 amide bonds. The average Bonchev–Trinajstić information content (AvgIpc) is 3.75. The molecule has 0 unspecified atom stereocenters. The number of hydrogen-bond acceptors (Lipinski definition) is 10. The molecule has 0 aromatic rings. The third kappa shape index (κ3) is 72.6. The molecule has 10 nitrogen and oxygen atoms in total. The summed E-state index contributed by atoms with van der Waals surface area (Å²) in [6.45, 7) is 13.4. The highest BCUT2D eigenvalue weighted by molar-refractivity contribution is 5.70. The molecule has 0 bridgehead atoms. The maximum absolute atomic E-state index is 12.9. The molecule has 0 aliphatic rings. The molecule has 0 radical (unpaired) electrons. The van der Waals surface area contributed by atoms with Gasteiger partial charge < -0.3 is 18.9 Å². The van der Waals surface area contributed by atoms with Crippen LogP contribution in [0.3, 0.4) is 0 Å². The van der Waals surface area contributed by atoms with Gasteiger partial charge in [0.25, 0.3) is 0 Å². The summed E-state index contributed by atoms with van der Waals surface area (Å²) in [5.74, 6) is -0.656. The first-order valence-corrected chi connectivity index (χ1v) is 40.0. The fraction of sp³-hybridized carbons (Fsp3) is 0.854. The Hall–Kier alpha value is -3.24. The summed E-state index contributed by atoms with van der Waals surface area (Å²) in [5.41, 5.74) is 0. The van der Waals surface area contributed by atoms with Crippen molar-refractivity contribution >= 4 is 23.9 Å². The predicted octanol–water partition coefficient (Wildman–Crippen LogP) is 23.9. The minimum absolute atomic E-state index is 0.164. The van der Waals surface area contributed by atoms with Crippen molar-refractivity contribution in [1.29, 1.82) is 0 Å². The van der Waals surface area contributed by atoms with Gasteiger partial charge in [0, 0.05) is 65.0 Å². The maximum atomic E-state index is 12.9. The van der Waals surface area contributed by atoms with Gasteiger partial charge in [-0.05, 0) is 128 Å². The molecule has 0 rings (SSSR count).